The predicted octanol–water partition coefficient (Wildman–Crippen LogP) is 9.62. The van der Waals surface area contributed by atoms with Crippen LogP contribution >= 0.6 is 7.82 Å². The Morgan fingerprint density at radius 3 is 1.50 bits per heavy atom. The highest BCUT2D eigenvalue weighted by atomic mass is 31.2. The van der Waals surface area contributed by atoms with Gasteiger partial charge in [0, 0.05) is 12.8 Å². The number of phosphoric acid groups is 1. The van der Waals surface area contributed by atoms with E-state index >= 15 is 0 Å². The maximum Gasteiger partial charge on any atom is 0.469 e. The van der Waals surface area contributed by atoms with Crippen molar-refractivity contribution in [1.29, 1.82) is 0 Å². The number of hydrogen-bond donors (Lipinski definition) is 2. The van der Waals surface area contributed by atoms with E-state index in [-0.39, 0.29) is 19.4 Å². The van der Waals surface area contributed by atoms with Gasteiger partial charge >= 0.3 is 19.8 Å². The highest BCUT2D eigenvalue weighted by molar-refractivity contribution is 7.46. The van der Waals surface area contributed by atoms with E-state index in [9.17, 15) is 14.2 Å². The molecule has 44 heavy (non-hydrogen) atoms. The molecule has 8 nitrogen and oxygen atoms in total. The van der Waals surface area contributed by atoms with Crippen LogP contribution in [0.4, 0.5) is 0 Å². The molecule has 0 aliphatic heterocycles. The number of unbranched alkanes of at least 4 members (excludes halogenated alkanes) is 12. The van der Waals surface area contributed by atoms with Gasteiger partial charge in [0.25, 0.3) is 0 Å². The number of hydrogen-bond acceptors (Lipinski definition) is 6. The molecule has 9 heteroatoms. The molecule has 0 aromatic carbocycles. The van der Waals surface area contributed by atoms with E-state index in [2.05, 4.69) is 42.7 Å². The molecule has 1 atom stereocenters. The van der Waals surface area contributed by atoms with Crippen LogP contribution in [0.2, 0.25) is 0 Å². The van der Waals surface area contributed by atoms with Crippen molar-refractivity contribution in [2.24, 2.45) is 0 Å². The van der Waals surface area contributed by atoms with Gasteiger partial charge in [-0.25, -0.2) is 4.57 Å². The molecule has 0 rings (SSSR count). The average Bonchev–Trinajstić information content (AvgIpc) is 2.98. The zero-order valence-corrected chi connectivity index (χ0v) is 28.4. The van der Waals surface area contributed by atoms with Crippen LogP contribution in [0.5, 0.6) is 0 Å². The van der Waals surface area contributed by atoms with Gasteiger partial charge in [-0.2, -0.15) is 0 Å². The zero-order valence-electron chi connectivity index (χ0n) is 27.5. The van der Waals surface area contributed by atoms with Crippen LogP contribution in [0.15, 0.2) is 48.6 Å². The van der Waals surface area contributed by atoms with Gasteiger partial charge in [0.15, 0.2) is 6.10 Å². The minimum atomic E-state index is -4.77. The van der Waals surface area contributed by atoms with E-state index in [1.54, 1.807) is 0 Å². The van der Waals surface area contributed by atoms with E-state index < -0.39 is 32.5 Å². The Kier molecular flexibility index (Phi) is 29.6. The zero-order chi connectivity index (χ0) is 32.6. The van der Waals surface area contributed by atoms with Crippen molar-refractivity contribution in [1.82, 2.24) is 0 Å². The van der Waals surface area contributed by atoms with Crippen molar-refractivity contribution in [2.45, 2.75) is 148 Å². The monoisotopic (exact) mass is 640 g/mol. The lowest BCUT2D eigenvalue weighted by atomic mass is 10.1. The van der Waals surface area contributed by atoms with Gasteiger partial charge in [-0.05, 0) is 51.4 Å². The van der Waals surface area contributed by atoms with Crippen molar-refractivity contribution >= 4 is 19.8 Å². The van der Waals surface area contributed by atoms with E-state index in [1.807, 2.05) is 24.3 Å². The minimum absolute atomic E-state index is 0.0938. The molecule has 0 radical (unpaired) electrons. The summed E-state index contributed by atoms with van der Waals surface area (Å²) in [6.07, 6.45) is 35.8. The maximum absolute atomic E-state index is 12.3. The van der Waals surface area contributed by atoms with E-state index in [0.29, 0.717) is 12.8 Å². The Morgan fingerprint density at radius 2 is 1.02 bits per heavy atom. The van der Waals surface area contributed by atoms with Gasteiger partial charge in [-0.15, -0.1) is 0 Å². The first-order valence-electron chi connectivity index (χ1n) is 16.9. The van der Waals surface area contributed by atoms with Crippen molar-refractivity contribution in [3.8, 4) is 0 Å². The van der Waals surface area contributed by atoms with Gasteiger partial charge < -0.3 is 19.3 Å². The summed E-state index contributed by atoms with van der Waals surface area (Å²) in [4.78, 5) is 42.4. The van der Waals surface area contributed by atoms with Gasteiger partial charge in [0.2, 0.25) is 0 Å². The van der Waals surface area contributed by atoms with Crippen molar-refractivity contribution in [3.05, 3.63) is 48.6 Å². The maximum atomic E-state index is 12.3. The molecule has 0 bridgehead atoms. The summed E-state index contributed by atoms with van der Waals surface area (Å²) < 4.78 is 26.1. The van der Waals surface area contributed by atoms with Crippen molar-refractivity contribution in [2.75, 3.05) is 13.2 Å². The van der Waals surface area contributed by atoms with Crippen LogP contribution in [0.1, 0.15) is 142 Å². The van der Waals surface area contributed by atoms with Crippen LogP contribution in [0, 0.1) is 0 Å². The smallest absolute Gasteiger partial charge is 0.462 e. The largest absolute Gasteiger partial charge is 0.469 e. The first kappa shape index (κ1) is 42.0. The Morgan fingerprint density at radius 1 is 0.591 bits per heavy atom. The number of carbonyl (C=O) groups excluding carboxylic acids is 2. The fraction of sp³-hybridized carbons (Fsp3) is 0.714. The Hall–Kier alpha value is -1.99. The molecule has 0 spiro atoms. The van der Waals surface area contributed by atoms with E-state index in [1.165, 1.54) is 77.0 Å². The van der Waals surface area contributed by atoms with Crippen LogP contribution in [-0.4, -0.2) is 41.0 Å². The molecule has 0 aliphatic carbocycles. The molecule has 0 aliphatic rings. The quantitative estimate of drug-likeness (QED) is 0.0345. The number of ether oxygens (including phenoxy) is 2. The molecule has 1 unspecified atom stereocenters. The minimum Gasteiger partial charge on any atom is -0.462 e. The SMILES string of the molecule is CCCCCCCC/C=C/C/C=C/CCC(=O)OCC(COP(=O)(O)O)OC(=O)CC/C=C/C/C=C/CCCCCCCC. The third kappa shape index (κ3) is 32.9. The number of carbonyl (C=O) groups is 2. The molecule has 0 saturated heterocycles. The van der Waals surface area contributed by atoms with Gasteiger partial charge in [-0.1, -0.05) is 127 Å². The summed E-state index contributed by atoms with van der Waals surface area (Å²) in [5.41, 5.74) is 0. The van der Waals surface area contributed by atoms with Gasteiger partial charge in [0.05, 0.1) is 6.61 Å². The molecule has 0 heterocycles. The topological polar surface area (TPSA) is 119 Å². The van der Waals surface area contributed by atoms with E-state index in [0.717, 1.165) is 25.7 Å². The van der Waals surface area contributed by atoms with Crippen LogP contribution < -0.4 is 0 Å². The van der Waals surface area contributed by atoms with Crippen LogP contribution in [0.25, 0.3) is 0 Å². The molecular weight excluding hydrogens is 579 g/mol. The first-order valence-corrected chi connectivity index (χ1v) is 18.5. The summed E-state index contributed by atoms with van der Waals surface area (Å²) in [5, 5.41) is 0. The molecule has 0 aromatic rings. The van der Waals surface area contributed by atoms with Crippen LogP contribution in [0.3, 0.4) is 0 Å². The second-order valence-corrected chi connectivity index (χ2v) is 12.4. The molecular formula is C35H61O8P. The molecule has 0 aromatic heterocycles. The number of esters is 2. The lowest BCUT2D eigenvalue weighted by Gasteiger charge is -2.18. The fourth-order valence-electron chi connectivity index (χ4n) is 4.30. The highest BCUT2D eigenvalue weighted by Crippen LogP contribution is 2.35. The van der Waals surface area contributed by atoms with Gasteiger partial charge in [-0.3, -0.25) is 14.1 Å². The molecule has 254 valence electrons. The van der Waals surface area contributed by atoms with E-state index in [4.69, 9.17) is 19.3 Å². The van der Waals surface area contributed by atoms with Crippen molar-refractivity contribution < 1.29 is 37.9 Å². The Balaban J connectivity index is 4.20. The number of phosphoric ester groups is 1. The third-order valence-corrected chi connectivity index (χ3v) is 7.33. The lowest BCUT2D eigenvalue weighted by molar-refractivity contribution is -0.161. The average molecular weight is 641 g/mol. The van der Waals surface area contributed by atoms with Gasteiger partial charge in [0.1, 0.15) is 6.61 Å². The normalized spacial score (nSPS) is 13.1. The highest BCUT2D eigenvalue weighted by Gasteiger charge is 2.22. The molecule has 0 amide bonds. The Labute approximate surface area is 267 Å². The molecule has 2 N–H and O–H groups in total. The van der Waals surface area contributed by atoms with Crippen molar-refractivity contribution in [3.63, 3.8) is 0 Å². The molecule has 0 fully saturated rings. The fourth-order valence-corrected chi connectivity index (χ4v) is 4.66. The summed E-state index contributed by atoms with van der Waals surface area (Å²) in [5.74, 6) is -1.05. The summed E-state index contributed by atoms with van der Waals surface area (Å²) in [6, 6.07) is 0. The molecule has 0 saturated carbocycles. The second-order valence-electron chi connectivity index (χ2n) is 11.1. The summed E-state index contributed by atoms with van der Waals surface area (Å²) >= 11 is 0. The van der Waals surface area contributed by atoms with Crippen LogP contribution in [-0.2, 0) is 28.2 Å². The Bertz CT molecular complexity index is 859. The standard InChI is InChI=1S/C35H61O8P/c1-3-5-7-9-11-13-15-17-19-21-23-25-27-29-34(36)41-31-33(32-42-44(38,39)40)43-35(37)30-28-26-24-22-20-18-16-14-12-10-8-6-4-2/h17-20,23-26,33H,3-16,21-22,27-32H2,1-2H3,(H2,38,39,40)/b19-17+,20-18+,25-23+,26-24+. The third-order valence-electron chi connectivity index (χ3n) is 6.85. The number of allylic oxidation sites excluding steroid dienone is 8. The lowest BCUT2D eigenvalue weighted by Crippen LogP contribution is -2.29. The predicted molar refractivity (Wildman–Crippen MR) is 179 cm³/mol. The summed E-state index contributed by atoms with van der Waals surface area (Å²) in [7, 11) is -4.77. The first-order chi connectivity index (χ1) is 21.3. The second kappa shape index (κ2) is 31.0. The number of rotatable bonds is 30. The summed E-state index contributed by atoms with van der Waals surface area (Å²) in [6.45, 7) is 3.53.